The van der Waals surface area contributed by atoms with Gasteiger partial charge in [-0.25, -0.2) is 0 Å². The van der Waals surface area contributed by atoms with Crippen molar-refractivity contribution in [1.29, 1.82) is 0 Å². The molecule has 0 radical (unpaired) electrons. The van der Waals surface area contributed by atoms with E-state index in [9.17, 15) is 9.59 Å². The highest BCUT2D eigenvalue weighted by Gasteiger charge is 2.26. The van der Waals surface area contributed by atoms with E-state index in [1.807, 2.05) is 24.3 Å². The van der Waals surface area contributed by atoms with Gasteiger partial charge in [-0.15, -0.1) is 5.10 Å². The summed E-state index contributed by atoms with van der Waals surface area (Å²) in [5.41, 5.74) is 2.42. The third kappa shape index (κ3) is 5.20. The van der Waals surface area contributed by atoms with Gasteiger partial charge in [0.15, 0.2) is 0 Å². The van der Waals surface area contributed by atoms with Gasteiger partial charge < -0.3 is 19.7 Å². The number of carbonyl (C=O) groups is 2. The first kappa shape index (κ1) is 23.3. The van der Waals surface area contributed by atoms with E-state index in [2.05, 4.69) is 25.5 Å². The smallest absolute Gasteiger partial charge is 0.269 e. The fraction of sp³-hybridized carbons (Fsp3) is 0.391. The largest absolute Gasteiger partial charge is 0.497 e. The number of nitrogens with zero attached hydrogens (tertiary/aromatic N) is 5. The number of hydrogen-bond acceptors (Lipinski definition) is 7. The van der Waals surface area contributed by atoms with Gasteiger partial charge in [0.05, 0.1) is 19.9 Å². The third-order valence-corrected chi connectivity index (χ3v) is 5.78. The fourth-order valence-electron chi connectivity index (χ4n) is 3.90. The molecule has 0 unspecified atom stereocenters. The topological polar surface area (TPSA) is 118 Å². The number of amides is 2. The Morgan fingerprint density at radius 3 is 2.65 bits per heavy atom. The molecule has 11 heteroatoms. The molecule has 0 bridgehead atoms. The fourth-order valence-corrected chi connectivity index (χ4v) is 3.90. The Kier molecular flexibility index (Phi) is 7.12. The van der Waals surface area contributed by atoms with Crippen LogP contribution < -0.4 is 14.8 Å². The van der Waals surface area contributed by atoms with Crippen molar-refractivity contribution in [1.82, 2.24) is 35.1 Å². The normalized spacial score (nSPS) is 14.1. The van der Waals surface area contributed by atoms with Crippen LogP contribution in [0.5, 0.6) is 11.6 Å². The molecule has 1 aromatic carbocycles. The highest BCUT2D eigenvalue weighted by atomic mass is 16.5. The van der Waals surface area contributed by atoms with Crippen LogP contribution in [0.3, 0.4) is 0 Å². The van der Waals surface area contributed by atoms with Crippen LogP contribution in [0.4, 0.5) is 0 Å². The molecule has 4 rings (SSSR count). The molecule has 2 aromatic heterocycles. The van der Waals surface area contributed by atoms with E-state index in [4.69, 9.17) is 9.47 Å². The predicted octanol–water partition coefficient (Wildman–Crippen LogP) is 1.02. The number of benzene rings is 1. The van der Waals surface area contributed by atoms with Crippen molar-refractivity contribution >= 4 is 11.8 Å². The highest BCUT2D eigenvalue weighted by Crippen LogP contribution is 2.22. The van der Waals surface area contributed by atoms with Gasteiger partial charge in [0.1, 0.15) is 17.0 Å². The Labute approximate surface area is 197 Å². The quantitative estimate of drug-likeness (QED) is 0.508. The Hall–Kier alpha value is -3.86. The van der Waals surface area contributed by atoms with Gasteiger partial charge in [-0.1, -0.05) is 12.1 Å². The second kappa shape index (κ2) is 10.4. The predicted molar refractivity (Wildman–Crippen MR) is 125 cm³/mol. The van der Waals surface area contributed by atoms with E-state index in [-0.39, 0.29) is 11.8 Å². The number of methoxy groups -OCH3 is 2. The van der Waals surface area contributed by atoms with E-state index in [0.717, 1.165) is 24.4 Å². The molecule has 1 aliphatic rings. The lowest BCUT2D eigenvalue weighted by Crippen LogP contribution is -2.50. The average molecular weight is 468 g/mol. The third-order valence-electron chi connectivity index (χ3n) is 5.78. The molecule has 1 fully saturated rings. The Morgan fingerprint density at radius 1 is 1.12 bits per heavy atom. The van der Waals surface area contributed by atoms with Gasteiger partial charge in [-0.3, -0.25) is 24.3 Å². The van der Waals surface area contributed by atoms with E-state index in [1.165, 1.54) is 7.11 Å². The first-order chi connectivity index (χ1) is 16.5. The first-order valence-corrected chi connectivity index (χ1v) is 11.1. The first-order valence-electron chi connectivity index (χ1n) is 11.1. The number of carbonyl (C=O) groups excluding carboxylic acids is 2. The molecule has 34 heavy (non-hydrogen) atoms. The van der Waals surface area contributed by atoms with E-state index in [1.54, 1.807) is 36.0 Å². The molecule has 2 N–H and O–H groups in total. The van der Waals surface area contributed by atoms with Crippen LogP contribution in [-0.4, -0.2) is 95.1 Å². The van der Waals surface area contributed by atoms with Crippen LogP contribution in [0, 0.1) is 0 Å². The van der Waals surface area contributed by atoms with Crippen molar-refractivity contribution in [2.24, 2.45) is 7.05 Å². The second-order valence-corrected chi connectivity index (χ2v) is 8.01. The zero-order chi connectivity index (χ0) is 24.1. The molecule has 3 heterocycles. The minimum absolute atomic E-state index is 0.0796. The van der Waals surface area contributed by atoms with Crippen molar-refractivity contribution in [3.63, 3.8) is 0 Å². The number of H-pyrrole nitrogens is 1. The Morgan fingerprint density at radius 2 is 1.91 bits per heavy atom. The van der Waals surface area contributed by atoms with Gasteiger partial charge in [-0.2, -0.15) is 5.10 Å². The molecule has 1 aliphatic heterocycles. The summed E-state index contributed by atoms with van der Waals surface area (Å²) in [6, 6.07) is 9.24. The van der Waals surface area contributed by atoms with Crippen LogP contribution in [0.1, 0.15) is 20.8 Å². The monoisotopic (exact) mass is 467 g/mol. The number of aromatic nitrogens is 4. The van der Waals surface area contributed by atoms with Crippen LogP contribution in [-0.2, 0) is 7.05 Å². The number of aryl methyl sites for hydroxylation is 1. The molecule has 0 aliphatic carbocycles. The van der Waals surface area contributed by atoms with Crippen molar-refractivity contribution in [2.45, 2.75) is 0 Å². The summed E-state index contributed by atoms with van der Waals surface area (Å²) < 4.78 is 12.0. The zero-order valence-corrected chi connectivity index (χ0v) is 19.6. The lowest BCUT2D eigenvalue weighted by atomic mass is 10.1. The van der Waals surface area contributed by atoms with E-state index < -0.39 is 0 Å². The van der Waals surface area contributed by atoms with Crippen molar-refractivity contribution in [2.75, 3.05) is 53.5 Å². The van der Waals surface area contributed by atoms with Crippen LogP contribution in [0.15, 0.2) is 36.5 Å². The molecule has 11 nitrogen and oxygen atoms in total. The summed E-state index contributed by atoms with van der Waals surface area (Å²) >= 11 is 0. The SMILES string of the molecule is COc1cccc(-c2cc(C(=O)NCCN3CCN(C(=O)c4cn(C)nc4OC)CC3)[nH]n2)c1. The molecular formula is C23H29N7O4. The van der Waals surface area contributed by atoms with Gasteiger partial charge in [0.2, 0.25) is 5.88 Å². The van der Waals surface area contributed by atoms with Crippen molar-refractivity contribution < 1.29 is 19.1 Å². The number of hydrogen-bond donors (Lipinski definition) is 2. The maximum absolute atomic E-state index is 12.8. The van der Waals surface area contributed by atoms with Gasteiger partial charge in [0.25, 0.3) is 11.8 Å². The van der Waals surface area contributed by atoms with Gasteiger partial charge in [-0.05, 0) is 18.2 Å². The molecule has 3 aromatic rings. The summed E-state index contributed by atoms with van der Waals surface area (Å²) in [6.45, 7) is 3.87. The molecule has 2 amide bonds. The maximum Gasteiger partial charge on any atom is 0.269 e. The molecular weight excluding hydrogens is 438 g/mol. The summed E-state index contributed by atoms with van der Waals surface area (Å²) in [7, 11) is 4.88. The zero-order valence-electron chi connectivity index (χ0n) is 19.6. The minimum Gasteiger partial charge on any atom is -0.497 e. The molecule has 0 saturated carbocycles. The number of rotatable bonds is 8. The Balaban J connectivity index is 1.23. The molecule has 0 atom stereocenters. The van der Waals surface area contributed by atoms with E-state index in [0.29, 0.717) is 49.0 Å². The average Bonchev–Trinajstić information content (AvgIpc) is 3.51. The second-order valence-electron chi connectivity index (χ2n) is 8.01. The lowest BCUT2D eigenvalue weighted by Gasteiger charge is -2.34. The summed E-state index contributed by atoms with van der Waals surface area (Å²) in [6.07, 6.45) is 1.68. The summed E-state index contributed by atoms with van der Waals surface area (Å²) in [5, 5.41) is 14.1. The molecule has 0 spiro atoms. The summed E-state index contributed by atoms with van der Waals surface area (Å²) in [4.78, 5) is 29.3. The minimum atomic E-state index is -0.209. The van der Waals surface area contributed by atoms with Crippen molar-refractivity contribution in [3.05, 3.63) is 47.8 Å². The van der Waals surface area contributed by atoms with Crippen molar-refractivity contribution in [3.8, 4) is 22.9 Å². The molecule has 180 valence electrons. The summed E-state index contributed by atoms with van der Waals surface area (Å²) in [5.74, 6) is 0.780. The molecule has 1 saturated heterocycles. The van der Waals surface area contributed by atoms with Crippen LogP contribution in [0.25, 0.3) is 11.3 Å². The van der Waals surface area contributed by atoms with Gasteiger partial charge >= 0.3 is 0 Å². The lowest BCUT2D eigenvalue weighted by molar-refractivity contribution is 0.0634. The standard InChI is InChI=1S/C23H29N7O4/c1-28-15-18(22(27-28)34-3)23(32)30-11-9-29(10-12-30)8-7-24-21(31)20-14-19(25-26-20)16-5-4-6-17(13-16)33-2/h4-6,13-15H,7-12H2,1-3H3,(H,24,31)(H,25,26). The van der Waals surface area contributed by atoms with Gasteiger partial charge in [0, 0.05) is 58.1 Å². The van der Waals surface area contributed by atoms with E-state index >= 15 is 0 Å². The highest BCUT2D eigenvalue weighted by molar-refractivity contribution is 5.96. The van der Waals surface area contributed by atoms with Crippen LogP contribution >= 0.6 is 0 Å². The maximum atomic E-state index is 12.8. The number of piperazine rings is 1. The van der Waals surface area contributed by atoms with Crippen LogP contribution in [0.2, 0.25) is 0 Å². The number of ether oxygens (including phenoxy) is 2. The number of aromatic amines is 1. The number of nitrogens with one attached hydrogen (secondary N) is 2. The Bertz CT molecular complexity index is 1150.